The average Bonchev–Trinajstić information content (AvgIpc) is 3.35. The predicted octanol–water partition coefficient (Wildman–Crippen LogP) is 5.00. The second kappa shape index (κ2) is 10.3. The minimum atomic E-state index is -0.250. The molecule has 4 rings (SSSR count). The first-order valence-corrected chi connectivity index (χ1v) is 12.0. The van der Waals surface area contributed by atoms with Gasteiger partial charge < -0.3 is 19.9 Å². The molecular formula is C25H26ClN3O3S. The molecule has 172 valence electrons. The van der Waals surface area contributed by atoms with Gasteiger partial charge in [-0.05, 0) is 60.7 Å². The van der Waals surface area contributed by atoms with Gasteiger partial charge in [0.05, 0.1) is 15.6 Å². The Morgan fingerprint density at radius 3 is 2.55 bits per heavy atom. The van der Waals surface area contributed by atoms with E-state index in [2.05, 4.69) is 10.2 Å². The van der Waals surface area contributed by atoms with Crippen molar-refractivity contribution in [2.24, 2.45) is 0 Å². The second-order valence-corrected chi connectivity index (χ2v) is 9.31. The summed E-state index contributed by atoms with van der Waals surface area (Å²) in [7, 11) is 0. The molecular weight excluding hydrogens is 458 g/mol. The SMILES string of the molecule is Cc1cccc(OCC(=O)Nc2ccc(N3CCN(C(=O)c4cccs4)CC3)c(Cl)c2)c1C. The third kappa shape index (κ3) is 5.49. The van der Waals surface area contributed by atoms with E-state index in [0.717, 1.165) is 21.7 Å². The van der Waals surface area contributed by atoms with Crippen LogP contribution in [0.25, 0.3) is 0 Å². The first-order chi connectivity index (χ1) is 15.9. The standard InChI is InChI=1S/C25H26ClN3O3S/c1-17-5-3-6-22(18(17)2)32-16-24(30)27-19-8-9-21(20(26)15-19)28-10-12-29(13-11-28)25(31)23-7-4-14-33-23/h3-9,14-15H,10-13,16H2,1-2H3,(H,27,30). The molecule has 2 amide bonds. The maximum Gasteiger partial charge on any atom is 0.264 e. The zero-order valence-electron chi connectivity index (χ0n) is 18.6. The fourth-order valence-electron chi connectivity index (χ4n) is 3.77. The van der Waals surface area contributed by atoms with Gasteiger partial charge in [-0.15, -0.1) is 11.3 Å². The number of rotatable bonds is 6. The summed E-state index contributed by atoms with van der Waals surface area (Å²) in [5.74, 6) is 0.535. The Kier molecular flexibility index (Phi) is 7.20. The highest BCUT2D eigenvalue weighted by Gasteiger charge is 2.24. The van der Waals surface area contributed by atoms with Crippen LogP contribution >= 0.6 is 22.9 Å². The summed E-state index contributed by atoms with van der Waals surface area (Å²) in [5.41, 5.74) is 3.65. The molecule has 0 bridgehead atoms. The molecule has 33 heavy (non-hydrogen) atoms. The van der Waals surface area contributed by atoms with Crippen molar-refractivity contribution in [1.29, 1.82) is 0 Å². The molecule has 1 aliphatic rings. The van der Waals surface area contributed by atoms with Gasteiger partial charge in [-0.2, -0.15) is 0 Å². The Morgan fingerprint density at radius 1 is 1.06 bits per heavy atom. The van der Waals surface area contributed by atoms with Gasteiger partial charge >= 0.3 is 0 Å². The largest absolute Gasteiger partial charge is 0.483 e. The molecule has 1 aromatic heterocycles. The number of anilines is 2. The Labute approximate surface area is 202 Å². The Balaban J connectivity index is 1.31. The van der Waals surface area contributed by atoms with E-state index in [9.17, 15) is 9.59 Å². The number of hydrogen-bond acceptors (Lipinski definition) is 5. The molecule has 0 aliphatic carbocycles. The molecule has 0 spiro atoms. The third-order valence-electron chi connectivity index (χ3n) is 5.78. The molecule has 0 radical (unpaired) electrons. The highest BCUT2D eigenvalue weighted by Crippen LogP contribution is 2.30. The highest BCUT2D eigenvalue weighted by atomic mass is 35.5. The van der Waals surface area contributed by atoms with Crippen LogP contribution in [0.3, 0.4) is 0 Å². The number of hydrogen-bond donors (Lipinski definition) is 1. The number of carbonyl (C=O) groups excluding carboxylic acids is 2. The van der Waals surface area contributed by atoms with E-state index in [1.165, 1.54) is 11.3 Å². The first kappa shape index (κ1) is 23.1. The van der Waals surface area contributed by atoms with Crippen molar-refractivity contribution in [2.75, 3.05) is 43.0 Å². The van der Waals surface area contributed by atoms with Crippen molar-refractivity contribution < 1.29 is 14.3 Å². The maximum atomic E-state index is 12.5. The molecule has 1 fully saturated rings. The summed E-state index contributed by atoms with van der Waals surface area (Å²) >= 11 is 8.00. The van der Waals surface area contributed by atoms with Crippen LogP contribution in [0.1, 0.15) is 20.8 Å². The lowest BCUT2D eigenvalue weighted by atomic mass is 10.1. The fourth-order valence-corrected chi connectivity index (χ4v) is 4.76. The molecule has 0 atom stereocenters. The number of thiophene rings is 1. The predicted molar refractivity (Wildman–Crippen MR) is 134 cm³/mol. The molecule has 6 nitrogen and oxygen atoms in total. The molecule has 0 saturated carbocycles. The smallest absolute Gasteiger partial charge is 0.264 e. The lowest BCUT2D eigenvalue weighted by Crippen LogP contribution is -2.48. The Morgan fingerprint density at radius 2 is 1.85 bits per heavy atom. The van der Waals surface area contributed by atoms with Gasteiger partial charge in [0.1, 0.15) is 5.75 Å². The summed E-state index contributed by atoms with van der Waals surface area (Å²) in [4.78, 5) is 29.7. The Bertz CT molecular complexity index is 1140. The van der Waals surface area contributed by atoms with E-state index in [1.807, 2.05) is 66.6 Å². The Hall–Kier alpha value is -3.03. The molecule has 1 aliphatic heterocycles. The van der Waals surface area contributed by atoms with Crippen LogP contribution in [-0.4, -0.2) is 49.5 Å². The summed E-state index contributed by atoms with van der Waals surface area (Å²) in [5, 5.41) is 5.31. The van der Waals surface area contributed by atoms with Gasteiger partial charge in [-0.25, -0.2) is 0 Å². The van der Waals surface area contributed by atoms with E-state index in [-0.39, 0.29) is 18.4 Å². The van der Waals surface area contributed by atoms with Crippen molar-refractivity contribution >= 4 is 46.1 Å². The number of halogens is 1. The molecule has 2 heterocycles. The van der Waals surface area contributed by atoms with Crippen molar-refractivity contribution in [2.45, 2.75) is 13.8 Å². The number of amides is 2. The first-order valence-electron chi connectivity index (χ1n) is 10.8. The van der Waals surface area contributed by atoms with E-state index in [4.69, 9.17) is 16.3 Å². The minimum absolute atomic E-state index is 0.0795. The van der Waals surface area contributed by atoms with Gasteiger partial charge in [0.15, 0.2) is 6.61 Å². The molecule has 8 heteroatoms. The number of nitrogens with one attached hydrogen (secondary N) is 1. The normalized spacial score (nSPS) is 13.7. The van der Waals surface area contributed by atoms with Gasteiger partial charge in [-0.3, -0.25) is 9.59 Å². The zero-order valence-corrected chi connectivity index (χ0v) is 20.2. The van der Waals surface area contributed by atoms with E-state index < -0.39 is 0 Å². The van der Waals surface area contributed by atoms with E-state index >= 15 is 0 Å². The van der Waals surface area contributed by atoms with Gasteiger partial charge in [0.2, 0.25) is 0 Å². The number of piperazine rings is 1. The van der Waals surface area contributed by atoms with Crippen molar-refractivity contribution in [1.82, 2.24) is 4.90 Å². The van der Waals surface area contributed by atoms with Gasteiger partial charge in [0.25, 0.3) is 11.8 Å². The van der Waals surface area contributed by atoms with Crippen LogP contribution in [-0.2, 0) is 4.79 Å². The topological polar surface area (TPSA) is 61.9 Å². The summed E-state index contributed by atoms with van der Waals surface area (Å²) in [6.07, 6.45) is 0. The second-order valence-electron chi connectivity index (χ2n) is 7.96. The van der Waals surface area contributed by atoms with Crippen LogP contribution in [0.2, 0.25) is 5.02 Å². The van der Waals surface area contributed by atoms with Crippen LogP contribution in [0.5, 0.6) is 5.75 Å². The number of nitrogens with zero attached hydrogens (tertiary/aromatic N) is 2. The summed E-state index contributed by atoms with van der Waals surface area (Å²) < 4.78 is 5.67. The van der Waals surface area contributed by atoms with Crippen LogP contribution in [0.4, 0.5) is 11.4 Å². The molecule has 0 unspecified atom stereocenters. The number of ether oxygens (including phenoxy) is 1. The fraction of sp³-hybridized carbons (Fsp3) is 0.280. The zero-order chi connectivity index (χ0) is 23.4. The summed E-state index contributed by atoms with van der Waals surface area (Å²) in [6, 6.07) is 15.0. The monoisotopic (exact) mass is 483 g/mol. The lowest BCUT2D eigenvalue weighted by Gasteiger charge is -2.36. The minimum Gasteiger partial charge on any atom is -0.483 e. The van der Waals surface area contributed by atoms with Crippen molar-refractivity contribution in [3.8, 4) is 5.75 Å². The van der Waals surface area contributed by atoms with Crippen LogP contribution in [0, 0.1) is 13.8 Å². The molecule has 3 aromatic rings. The van der Waals surface area contributed by atoms with Gasteiger partial charge in [-0.1, -0.05) is 29.8 Å². The van der Waals surface area contributed by atoms with Crippen LogP contribution < -0.4 is 15.0 Å². The van der Waals surface area contributed by atoms with Gasteiger partial charge in [0, 0.05) is 31.9 Å². The average molecular weight is 484 g/mol. The van der Waals surface area contributed by atoms with E-state index in [1.54, 1.807) is 6.07 Å². The lowest BCUT2D eigenvalue weighted by molar-refractivity contribution is -0.118. The van der Waals surface area contributed by atoms with E-state index in [0.29, 0.717) is 42.6 Å². The maximum absolute atomic E-state index is 12.5. The van der Waals surface area contributed by atoms with Crippen LogP contribution in [0.15, 0.2) is 53.9 Å². The molecule has 1 N–H and O–H groups in total. The summed E-state index contributed by atoms with van der Waals surface area (Å²) in [6.45, 7) is 6.58. The van der Waals surface area contributed by atoms with Crippen molar-refractivity contribution in [3.63, 3.8) is 0 Å². The number of benzene rings is 2. The number of carbonyl (C=O) groups is 2. The molecule has 2 aromatic carbocycles. The number of aryl methyl sites for hydroxylation is 1. The van der Waals surface area contributed by atoms with Crippen molar-refractivity contribution in [3.05, 3.63) is 74.9 Å². The third-order valence-corrected chi connectivity index (χ3v) is 6.95. The highest BCUT2D eigenvalue weighted by molar-refractivity contribution is 7.12. The quantitative estimate of drug-likeness (QED) is 0.536. The molecule has 1 saturated heterocycles.